The van der Waals surface area contributed by atoms with Gasteiger partial charge in [0.05, 0.1) is 18.4 Å². The molecule has 0 aliphatic carbocycles. The van der Waals surface area contributed by atoms with Crippen LogP contribution in [-0.2, 0) is 10.0 Å². The zero-order valence-electron chi connectivity index (χ0n) is 17.6. The van der Waals surface area contributed by atoms with Gasteiger partial charge in [0.15, 0.2) is 0 Å². The Bertz CT molecular complexity index is 1040. The third-order valence-electron chi connectivity index (χ3n) is 6.24. The Kier molecular flexibility index (Phi) is 5.40. The first-order chi connectivity index (χ1) is 14.2. The summed E-state index contributed by atoms with van der Waals surface area (Å²) in [7, 11) is -3.67. The Labute approximate surface area is 177 Å². The summed E-state index contributed by atoms with van der Waals surface area (Å²) in [6.45, 7) is 7.50. The average molecular weight is 433 g/mol. The van der Waals surface area contributed by atoms with Crippen molar-refractivity contribution < 1.29 is 22.4 Å². The predicted molar refractivity (Wildman–Crippen MR) is 112 cm³/mol. The van der Waals surface area contributed by atoms with Crippen molar-refractivity contribution in [1.29, 1.82) is 0 Å². The van der Waals surface area contributed by atoms with Gasteiger partial charge in [-0.05, 0) is 51.8 Å². The molecule has 1 aromatic carbocycles. The Morgan fingerprint density at radius 1 is 1.13 bits per heavy atom. The summed E-state index contributed by atoms with van der Waals surface area (Å²) in [5.74, 6) is 0.972. The van der Waals surface area contributed by atoms with E-state index in [1.165, 1.54) is 6.26 Å². The average Bonchev–Trinajstić information content (AvgIpc) is 3.15. The van der Waals surface area contributed by atoms with E-state index in [4.69, 9.17) is 9.15 Å². The van der Waals surface area contributed by atoms with Gasteiger partial charge < -0.3 is 14.1 Å². The van der Waals surface area contributed by atoms with E-state index in [0.717, 1.165) is 0 Å². The molecule has 1 aromatic heterocycles. The number of para-hydroxylation sites is 1. The molecule has 2 aliphatic rings. The maximum atomic E-state index is 13.4. The van der Waals surface area contributed by atoms with Gasteiger partial charge in [-0.2, -0.15) is 4.31 Å². The van der Waals surface area contributed by atoms with Gasteiger partial charge in [0.25, 0.3) is 5.91 Å². The lowest BCUT2D eigenvalue weighted by atomic mass is 9.78. The zero-order valence-corrected chi connectivity index (χ0v) is 18.4. The lowest BCUT2D eigenvalue weighted by Crippen LogP contribution is -2.53. The highest BCUT2D eigenvalue weighted by Crippen LogP contribution is 2.40. The molecule has 0 unspecified atom stereocenters. The van der Waals surface area contributed by atoms with Crippen molar-refractivity contribution in [1.82, 2.24) is 9.21 Å². The van der Waals surface area contributed by atoms with Crippen LogP contribution in [0.3, 0.4) is 0 Å². The smallest absolute Gasteiger partial charge is 0.257 e. The molecule has 0 atom stereocenters. The van der Waals surface area contributed by atoms with Gasteiger partial charge in [0, 0.05) is 31.1 Å². The summed E-state index contributed by atoms with van der Waals surface area (Å²) in [5, 5.41) is 0. The third-order valence-corrected chi connectivity index (χ3v) is 8.30. The minimum atomic E-state index is -3.67. The van der Waals surface area contributed by atoms with Crippen LogP contribution >= 0.6 is 0 Å². The van der Waals surface area contributed by atoms with Crippen molar-refractivity contribution in [3.8, 4) is 5.75 Å². The molecule has 30 heavy (non-hydrogen) atoms. The molecule has 4 rings (SSSR count). The number of benzene rings is 1. The number of rotatable bonds is 2. The fourth-order valence-electron chi connectivity index (χ4n) is 4.32. The molecule has 8 heteroatoms. The van der Waals surface area contributed by atoms with Gasteiger partial charge in [-0.3, -0.25) is 4.79 Å². The van der Waals surface area contributed by atoms with Crippen molar-refractivity contribution in [3.63, 3.8) is 0 Å². The van der Waals surface area contributed by atoms with Gasteiger partial charge >= 0.3 is 0 Å². The first-order valence-corrected chi connectivity index (χ1v) is 11.7. The highest BCUT2D eigenvalue weighted by molar-refractivity contribution is 7.89. The Morgan fingerprint density at radius 2 is 1.83 bits per heavy atom. The second-order valence-corrected chi connectivity index (χ2v) is 10.4. The molecule has 1 amide bonds. The quantitative estimate of drug-likeness (QED) is 0.727. The van der Waals surface area contributed by atoms with Crippen molar-refractivity contribution in [3.05, 3.63) is 47.9 Å². The summed E-state index contributed by atoms with van der Waals surface area (Å²) in [5.41, 5.74) is 0.243. The fourth-order valence-corrected chi connectivity index (χ4v) is 6.21. The van der Waals surface area contributed by atoms with E-state index < -0.39 is 10.0 Å². The van der Waals surface area contributed by atoms with Crippen molar-refractivity contribution >= 4 is 15.9 Å². The molecule has 1 saturated heterocycles. The van der Waals surface area contributed by atoms with Crippen molar-refractivity contribution in [2.24, 2.45) is 5.41 Å². The molecule has 162 valence electrons. The normalized spacial score (nSPS) is 21.0. The highest BCUT2D eigenvalue weighted by atomic mass is 32.2. The fraction of sp³-hybridized carbons (Fsp3) is 0.500. The number of carbonyl (C=O) groups is 1. The van der Waals surface area contributed by atoms with Crippen LogP contribution in [0.15, 0.2) is 45.9 Å². The monoisotopic (exact) mass is 432 g/mol. The van der Waals surface area contributed by atoms with Crippen LogP contribution in [0.25, 0.3) is 0 Å². The number of carbonyl (C=O) groups excluding carboxylic acids is 1. The van der Waals surface area contributed by atoms with Crippen LogP contribution in [0.4, 0.5) is 0 Å². The minimum absolute atomic E-state index is 0.0402. The van der Waals surface area contributed by atoms with Gasteiger partial charge in [-0.1, -0.05) is 12.1 Å². The first-order valence-electron chi connectivity index (χ1n) is 10.3. The van der Waals surface area contributed by atoms with E-state index in [2.05, 4.69) is 0 Å². The molecular formula is C22H28N2O5S. The highest BCUT2D eigenvalue weighted by Gasteiger charge is 2.44. The molecule has 1 spiro atoms. The number of hydrogen-bond acceptors (Lipinski definition) is 5. The predicted octanol–water partition coefficient (Wildman–Crippen LogP) is 3.30. The maximum absolute atomic E-state index is 13.4. The number of fused-ring (bicyclic) bond motifs is 1. The number of ether oxygens (including phenoxy) is 1. The van der Waals surface area contributed by atoms with Gasteiger partial charge in [-0.25, -0.2) is 8.42 Å². The van der Waals surface area contributed by atoms with Gasteiger partial charge in [0.1, 0.15) is 16.4 Å². The number of likely N-dealkylation sites (tertiary alicyclic amines) is 1. The minimum Gasteiger partial charge on any atom is -0.492 e. The lowest BCUT2D eigenvalue weighted by Gasteiger charge is -2.45. The van der Waals surface area contributed by atoms with Gasteiger partial charge in [-0.15, -0.1) is 0 Å². The second-order valence-electron chi connectivity index (χ2n) is 8.56. The number of aryl methyl sites for hydroxylation is 1. The topological polar surface area (TPSA) is 80.1 Å². The Hall–Kier alpha value is -2.32. The SMILES string of the molecule is Cc1occc1C(=O)N1CCC2(CC1)COc1ccccc1S(=O)(=O)N(C(C)C)C2. The first kappa shape index (κ1) is 20.9. The van der Waals surface area contributed by atoms with Crippen LogP contribution in [0.5, 0.6) is 5.75 Å². The molecule has 2 aromatic rings. The molecule has 3 heterocycles. The molecule has 2 aliphatic heterocycles. The lowest BCUT2D eigenvalue weighted by molar-refractivity contribution is 0.0269. The van der Waals surface area contributed by atoms with Crippen LogP contribution in [0, 0.1) is 12.3 Å². The number of amides is 1. The van der Waals surface area contributed by atoms with Crippen LogP contribution in [0.2, 0.25) is 0 Å². The number of hydrogen-bond donors (Lipinski definition) is 0. The molecule has 0 N–H and O–H groups in total. The van der Waals surface area contributed by atoms with E-state index in [-0.39, 0.29) is 22.3 Å². The van der Waals surface area contributed by atoms with Crippen LogP contribution in [-0.4, -0.2) is 55.8 Å². The van der Waals surface area contributed by atoms with E-state index in [1.807, 2.05) is 18.7 Å². The second kappa shape index (κ2) is 7.74. The number of nitrogens with zero attached hydrogens (tertiary/aromatic N) is 2. The summed E-state index contributed by atoms with van der Waals surface area (Å²) in [6.07, 6.45) is 2.88. The Balaban J connectivity index is 1.60. The van der Waals surface area contributed by atoms with Gasteiger partial charge in [0.2, 0.25) is 10.0 Å². The molecule has 0 saturated carbocycles. The number of piperidine rings is 1. The van der Waals surface area contributed by atoms with E-state index in [9.17, 15) is 13.2 Å². The third kappa shape index (κ3) is 3.63. The largest absolute Gasteiger partial charge is 0.492 e. The molecule has 1 fully saturated rings. The van der Waals surface area contributed by atoms with E-state index >= 15 is 0 Å². The summed E-state index contributed by atoms with van der Waals surface area (Å²) >= 11 is 0. The van der Waals surface area contributed by atoms with Crippen LogP contribution in [0.1, 0.15) is 42.8 Å². The summed E-state index contributed by atoms with van der Waals surface area (Å²) in [4.78, 5) is 14.9. The van der Waals surface area contributed by atoms with Crippen molar-refractivity contribution in [2.75, 3.05) is 26.2 Å². The Morgan fingerprint density at radius 3 is 2.47 bits per heavy atom. The standard InChI is InChI=1S/C22H28N2O5S/c1-16(2)24-14-22(15-29-19-6-4-5-7-20(19)30(24,26)27)9-11-23(12-10-22)21(25)18-8-13-28-17(18)3/h4-8,13,16H,9-12,14-15H2,1-3H3. The maximum Gasteiger partial charge on any atom is 0.257 e. The zero-order chi connectivity index (χ0) is 21.5. The number of furan rings is 1. The summed E-state index contributed by atoms with van der Waals surface area (Å²) < 4.78 is 39.7. The van der Waals surface area contributed by atoms with Crippen molar-refractivity contribution in [2.45, 2.75) is 44.6 Å². The van der Waals surface area contributed by atoms with Crippen LogP contribution < -0.4 is 4.74 Å². The number of sulfonamides is 1. The molecule has 0 radical (unpaired) electrons. The van der Waals surface area contributed by atoms with E-state index in [0.29, 0.717) is 56.2 Å². The molecule has 0 bridgehead atoms. The summed E-state index contributed by atoms with van der Waals surface area (Å²) in [6, 6.07) is 8.35. The molecular weight excluding hydrogens is 404 g/mol. The molecule has 7 nitrogen and oxygen atoms in total. The van der Waals surface area contributed by atoms with E-state index in [1.54, 1.807) is 41.6 Å².